The number of sulfone groups is 1. The minimum atomic E-state index is -3.06. The summed E-state index contributed by atoms with van der Waals surface area (Å²) in [5.41, 5.74) is 5.53. The molecule has 1 aliphatic rings. The molecule has 1 unspecified atom stereocenters. The van der Waals surface area contributed by atoms with Crippen LogP contribution in [0, 0.1) is 0 Å². The van der Waals surface area contributed by atoms with Gasteiger partial charge in [-0.1, -0.05) is 5.16 Å². The molecule has 0 saturated carbocycles. The zero-order chi connectivity index (χ0) is 12.6. The lowest BCUT2D eigenvalue weighted by atomic mass is 10.0. The summed E-state index contributed by atoms with van der Waals surface area (Å²) in [6, 6.07) is 0. The lowest BCUT2D eigenvalue weighted by molar-refractivity contribution is 0.0598. The molecule has 0 radical (unpaired) electrons. The normalized spacial score (nSPS) is 22.5. The quantitative estimate of drug-likeness (QED) is 0.741. The number of rotatable bonds is 2. The number of esters is 1. The molecule has 2 N–H and O–H groups in total. The van der Waals surface area contributed by atoms with Gasteiger partial charge < -0.3 is 15.0 Å². The number of carbonyl (C=O) groups excluding carboxylic acids is 1. The number of hydrogen-bond donors (Lipinski definition) is 1. The molecule has 0 aliphatic carbocycles. The Morgan fingerprint density at radius 1 is 1.59 bits per heavy atom. The molecule has 0 bridgehead atoms. The third kappa shape index (κ3) is 2.12. The first-order valence-corrected chi connectivity index (χ1v) is 6.80. The first kappa shape index (κ1) is 11.9. The highest BCUT2D eigenvalue weighted by molar-refractivity contribution is 7.91. The van der Waals surface area contributed by atoms with Crippen molar-refractivity contribution in [3.05, 3.63) is 11.3 Å². The molecule has 7 nitrogen and oxygen atoms in total. The van der Waals surface area contributed by atoms with E-state index in [0.717, 1.165) is 0 Å². The zero-order valence-corrected chi connectivity index (χ0v) is 9.99. The molecular weight excluding hydrogens is 248 g/mol. The van der Waals surface area contributed by atoms with Gasteiger partial charge in [0.1, 0.15) is 5.56 Å². The molecule has 2 rings (SSSR count). The lowest BCUT2D eigenvalue weighted by Crippen LogP contribution is -2.10. The second-order valence-electron chi connectivity index (χ2n) is 3.90. The van der Waals surface area contributed by atoms with Crippen LogP contribution in [-0.4, -0.2) is 38.2 Å². The summed E-state index contributed by atoms with van der Waals surface area (Å²) in [4.78, 5) is 11.5. The molecule has 1 aromatic heterocycles. The van der Waals surface area contributed by atoms with Gasteiger partial charge in [0, 0.05) is 5.92 Å². The Balaban J connectivity index is 2.37. The third-order valence-electron chi connectivity index (χ3n) is 2.74. The summed E-state index contributed by atoms with van der Waals surface area (Å²) in [7, 11) is -1.85. The standard InChI is InChI=1S/C9H12N2O5S/c1-15-9(12)6-7(16-11-8(6)10)5-2-3-17(13,14)4-5/h5H,2-4H2,1H3,(H2,10,11). The van der Waals surface area contributed by atoms with Gasteiger partial charge in [-0.05, 0) is 6.42 Å². The highest BCUT2D eigenvalue weighted by atomic mass is 32.2. The van der Waals surface area contributed by atoms with E-state index in [-0.39, 0.29) is 34.6 Å². The summed E-state index contributed by atoms with van der Waals surface area (Å²) >= 11 is 0. The maximum Gasteiger partial charge on any atom is 0.345 e. The van der Waals surface area contributed by atoms with Crippen molar-refractivity contribution in [3.8, 4) is 0 Å². The van der Waals surface area contributed by atoms with Gasteiger partial charge in [0.05, 0.1) is 18.6 Å². The Morgan fingerprint density at radius 2 is 2.29 bits per heavy atom. The Labute approximate surface area is 97.8 Å². The van der Waals surface area contributed by atoms with Crippen molar-refractivity contribution in [1.82, 2.24) is 5.16 Å². The maximum absolute atomic E-state index is 11.5. The van der Waals surface area contributed by atoms with Crippen molar-refractivity contribution in [3.63, 3.8) is 0 Å². The van der Waals surface area contributed by atoms with Gasteiger partial charge >= 0.3 is 5.97 Å². The molecule has 1 atom stereocenters. The van der Waals surface area contributed by atoms with Crippen LogP contribution < -0.4 is 5.73 Å². The van der Waals surface area contributed by atoms with E-state index < -0.39 is 15.8 Å². The van der Waals surface area contributed by atoms with Crippen LogP contribution in [0.25, 0.3) is 0 Å². The molecule has 2 heterocycles. The molecule has 0 spiro atoms. The summed E-state index contributed by atoms with van der Waals surface area (Å²) in [6.45, 7) is 0. The Bertz CT molecular complexity index is 548. The maximum atomic E-state index is 11.5. The summed E-state index contributed by atoms with van der Waals surface area (Å²) in [5.74, 6) is -0.877. The Morgan fingerprint density at radius 3 is 2.82 bits per heavy atom. The number of hydrogen-bond acceptors (Lipinski definition) is 7. The van der Waals surface area contributed by atoms with Gasteiger partial charge in [-0.2, -0.15) is 0 Å². The van der Waals surface area contributed by atoms with E-state index in [1.54, 1.807) is 0 Å². The van der Waals surface area contributed by atoms with Crippen molar-refractivity contribution in [2.45, 2.75) is 12.3 Å². The fourth-order valence-corrected chi connectivity index (χ4v) is 3.64. The Hall–Kier alpha value is -1.57. The van der Waals surface area contributed by atoms with Gasteiger partial charge in [0.2, 0.25) is 0 Å². The first-order chi connectivity index (χ1) is 7.94. The molecule has 8 heteroatoms. The zero-order valence-electron chi connectivity index (χ0n) is 9.17. The second-order valence-corrected chi connectivity index (χ2v) is 6.13. The lowest BCUT2D eigenvalue weighted by Gasteiger charge is -2.04. The smallest absolute Gasteiger partial charge is 0.345 e. The van der Waals surface area contributed by atoms with Crippen LogP contribution in [-0.2, 0) is 14.6 Å². The van der Waals surface area contributed by atoms with Crippen molar-refractivity contribution >= 4 is 21.6 Å². The van der Waals surface area contributed by atoms with Crippen LogP contribution in [0.3, 0.4) is 0 Å². The van der Waals surface area contributed by atoms with Gasteiger partial charge in [-0.25, -0.2) is 13.2 Å². The van der Waals surface area contributed by atoms with Crippen molar-refractivity contribution in [2.24, 2.45) is 0 Å². The predicted molar refractivity (Wildman–Crippen MR) is 58.3 cm³/mol. The fraction of sp³-hybridized carbons (Fsp3) is 0.556. The van der Waals surface area contributed by atoms with Crippen LogP contribution in [0.4, 0.5) is 5.82 Å². The van der Waals surface area contributed by atoms with Crippen LogP contribution in [0.5, 0.6) is 0 Å². The van der Waals surface area contributed by atoms with Crippen molar-refractivity contribution in [1.29, 1.82) is 0 Å². The van der Waals surface area contributed by atoms with E-state index in [0.29, 0.717) is 6.42 Å². The van der Waals surface area contributed by atoms with E-state index in [1.165, 1.54) is 7.11 Å². The molecular formula is C9H12N2O5S. The van der Waals surface area contributed by atoms with Crippen LogP contribution in [0.15, 0.2) is 4.52 Å². The van der Waals surface area contributed by atoms with Crippen LogP contribution >= 0.6 is 0 Å². The van der Waals surface area contributed by atoms with E-state index in [9.17, 15) is 13.2 Å². The fourth-order valence-electron chi connectivity index (χ4n) is 1.90. The topological polar surface area (TPSA) is 112 Å². The number of nitrogen functional groups attached to an aromatic ring is 1. The average molecular weight is 260 g/mol. The minimum absolute atomic E-state index is 0.0367. The van der Waals surface area contributed by atoms with E-state index >= 15 is 0 Å². The van der Waals surface area contributed by atoms with E-state index in [4.69, 9.17) is 10.3 Å². The van der Waals surface area contributed by atoms with Gasteiger partial charge in [0.15, 0.2) is 21.4 Å². The number of nitrogens with zero attached hydrogens (tertiary/aromatic N) is 1. The summed E-state index contributed by atoms with van der Waals surface area (Å²) in [5, 5.41) is 3.49. The molecule has 94 valence electrons. The highest BCUT2D eigenvalue weighted by Crippen LogP contribution is 2.33. The van der Waals surface area contributed by atoms with Crippen molar-refractivity contribution < 1.29 is 22.5 Å². The largest absolute Gasteiger partial charge is 0.465 e. The molecule has 0 amide bonds. The van der Waals surface area contributed by atoms with Crippen molar-refractivity contribution in [2.75, 3.05) is 24.3 Å². The first-order valence-electron chi connectivity index (χ1n) is 4.98. The number of methoxy groups -OCH3 is 1. The number of ether oxygens (including phenoxy) is 1. The van der Waals surface area contributed by atoms with E-state index in [2.05, 4.69) is 9.89 Å². The molecule has 0 aromatic carbocycles. The number of anilines is 1. The molecule has 1 aromatic rings. The molecule has 1 aliphatic heterocycles. The van der Waals surface area contributed by atoms with Crippen LogP contribution in [0.2, 0.25) is 0 Å². The predicted octanol–water partition coefficient (Wildman–Crippen LogP) is -0.0545. The minimum Gasteiger partial charge on any atom is -0.465 e. The monoisotopic (exact) mass is 260 g/mol. The molecule has 1 saturated heterocycles. The van der Waals surface area contributed by atoms with Crippen LogP contribution in [0.1, 0.15) is 28.5 Å². The third-order valence-corrected chi connectivity index (χ3v) is 4.51. The Kier molecular flexibility index (Phi) is 2.82. The SMILES string of the molecule is COC(=O)c1c(N)noc1C1CCS(=O)(=O)C1. The van der Waals surface area contributed by atoms with Gasteiger partial charge in [-0.3, -0.25) is 0 Å². The van der Waals surface area contributed by atoms with Gasteiger partial charge in [0.25, 0.3) is 0 Å². The summed E-state index contributed by atoms with van der Waals surface area (Å²) in [6.07, 6.45) is 0.404. The average Bonchev–Trinajstić information content (AvgIpc) is 2.80. The molecule has 1 fully saturated rings. The summed E-state index contributed by atoms with van der Waals surface area (Å²) < 4.78 is 32.2. The highest BCUT2D eigenvalue weighted by Gasteiger charge is 2.36. The second kappa shape index (κ2) is 4.02. The number of aromatic nitrogens is 1. The molecule has 17 heavy (non-hydrogen) atoms. The number of carbonyl (C=O) groups is 1. The number of nitrogens with two attached hydrogens (primary N) is 1. The van der Waals surface area contributed by atoms with E-state index in [1.807, 2.05) is 0 Å². The van der Waals surface area contributed by atoms with Gasteiger partial charge in [-0.15, -0.1) is 0 Å².